The van der Waals surface area contributed by atoms with E-state index in [4.69, 9.17) is 16.1 Å². The van der Waals surface area contributed by atoms with E-state index in [1.165, 1.54) is 24.5 Å². The van der Waals surface area contributed by atoms with Crippen molar-refractivity contribution in [2.45, 2.75) is 24.8 Å². The average molecular weight is 456 g/mol. The molecule has 3 aromatic rings. The second kappa shape index (κ2) is 8.46. The Kier molecular flexibility index (Phi) is 5.72. The number of nitrogens with zero attached hydrogens (tertiary/aromatic N) is 2. The Labute approximate surface area is 185 Å². The van der Waals surface area contributed by atoms with Gasteiger partial charge in [0.05, 0.1) is 21.2 Å². The third-order valence-electron chi connectivity index (χ3n) is 4.77. The molecule has 4 rings (SSSR count). The van der Waals surface area contributed by atoms with E-state index in [9.17, 15) is 13.2 Å². The minimum atomic E-state index is -3.91. The van der Waals surface area contributed by atoms with Crippen molar-refractivity contribution in [2.75, 3.05) is 11.3 Å². The van der Waals surface area contributed by atoms with Crippen LogP contribution in [0.5, 0.6) is 0 Å². The van der Waals surface area contributed by atoms with Crippen LogP contribution >= 0.6 is 11.6 Å². The van der Waals surface area contributed by atoms with Crippen molar-refractivity contribution in [2.24, 2.45) is 0 Å². The highest BCUT2D eigenvalue weighted by Gasteiger charge is 2.32. The summed E-state index contributed by atoms with van der Waals surface area (Å²) in [5.74, 6) is 5.48. The molecule has 1 aliphatic heterocycles. The number of amides is 1. The largest absolute Gasteiger partial charge is 0.363 e. The zero-order valence-corrected chi connectivity index (χ0v) is 18.1. The summed E-state index contributed by atoms with van der Waals surface area (Å²) in [5, 5.41) is 4.01. The van der Waals surface area contributed by atoms with E-state index in [0.29, 0.717) is 46.2 Å². The fourth-order valence-corrected chi connectivity index (χ4v) is 4.74. The van der Waals surface area contributed by atoms with E-state index in [2.05, 4.69) is 21.7 Å². The number of anilines is 1. The molecule has 1 aliphatic rings. The van der Waals surface area contributed by atoms with Gasteiger partial charge in [-0.15, -0.1) is 0 Å². The highest BCUT2D eigenvalue weighted by Crippen LogP contribution is 2.35. The second-order valence-electron chi connectivity index (χ2n) is 6.94. The first-order valence-corrected chi connectivity index (χ1v) is 11.4. The molecule has 158 valence electrons. The maximum absolute atomic E-state index is 13.0. The third-order valence-corrected chi connectivity index (χ3v) is 6.45. The summed E-state index contributed by atoms with van der Waals surface area (Å²) in [5.41, 5.74) is 2.23. The number of hydrogen-bond acceptors (Lipinski definition) is 5. The number of hydrogen-bond donors (Lipinski definition) is 1. The molecule has 0 fully saturated rings. The Morgan fingerprint density at radius 2 is 2.06 bits per heavy atom. The van der Waals surface area contributed by atoms with E-state index in [1.54, 1.807) is 29.2 Å². The number of halogens is 1. The summed E-state index contributed by atoms with van der Waals surface area (Å²) in [6.45, 7) is 2.85. The Bertz CT molecular complexity index is 1310. The second-order valence-corrected chi connectivity index (χ2v) is 9.03. The first kappa shape index (κ1) is 21.0. The van der Waals surface area contributed by atoms with Crippen molar-refractivity contribution in [1.82, 2.24) is 10.1 Å². The molecule has 9 heteroatoms. The van der Waals surface area contributed by atoms with E-state index in [0.717, 1.165) is 6.42 Å². The van der Waals surface area contributed by atoms with Crippen LogP contribution in [0, 0.1) is 11.8 Å². The summed E-state index contributed by atoms with van der Waals surface area (Å²) in [7, 11) is -3.91. The maximum Gasteiger partial charge on any atom is 0.261 e. The number of benzene rings is 2. The summed E-state index contributed by atoms with van der Waals surface area (Å²) >= 11 is 6.24. The number of carbonyl (C=O) groups is 1. The third kappa shape index (κ3) is 4.29. The molecule has 0 radical (unpaired) electrons. The fraction of sp³-hybridized carbons (Fsp3) is 0.182. The van der Waals surface area contributed by atoms with Crippen molar-refractivity contribution in [3.63, 3.8) is 0 Å². The lowest BCUT2D eigenvalue weighted by atomic mass is 10.1. The zero-order chi connectivity index (χ0) is 22.0. The Morgan fingerprint density at radius 3 is 2.81 bits per heavy atom. The van der Waals surface area contributed by atoms with Crippen LogP contribution in [-0.4, -0.2) is 30.9 Å². The first-order chi connectivity index (χ1) is 14.9. The van der Waals surface area contributed by atoms with Crippen LogP contribution < -0.4 is 4.72 Å². The van der Waals surface area contributed by atoms with Crippen LogP contribution in [-0.2, 0) is 16.6 Å². The number of rotatable bonds is 5. The number of carbonyl (C=O) groups excluding carboxylic acids is 1. The standard InChI is InChI=1S/C22H18ClN3O4S/c1-2-11-26-14-18-20(9-8-19(23)21(18)22(26)27)25-31(28,29)17-5-3-4-15(13-17)6-7-16-10-12-30-24-16/h3-5,8-10,12-13,25H,2,11,14H2,1H3. The lowest BCUT2D eigenvalue weighted by Gasteiger charge is -2.14. The van der Waals surface area contributed by atoms with Gasteiger partial charge < -0.3 is 9.42 Å². The molecule has 31 heavy (non-hydrogen) atoms. The molecule has 0 saturated heterocycles. The lowest BCUT2D eigenvalue weighted by Crippen LogP contribution is -2.24. The monoisotopic (exact) mass is 455 g/mol. The average Bonchev–Trinajstić information content (AvgIpc) is 3.38. The van der Waals surface area contributed by atoms with Gasteiger partial charge in [0.2, 0.25) is 0 Å². The van der Waals surface area contributed by atoms with Gasteiger partial charge >= 0.3 is 0 Å². The summed E-state index contributed by atoms with van der Waals surface area (Å²) < 4.78 is 33.4. The smallest absolute Gasteiger partial charge is 0.261 e. The van der Waals surface area contributed by atoms with Crippen LogP contribution in [0.2, 0.25) is 5.02 Å². The molecule has 0 atom stereocenters. The van der Waals surface area contributed by atoms with Gasteiger partial charge in [-0.1, -0.05) is 35.7 Å². The summed E-state index contributed by atoms with van der Waals surface area (Å²) in [6, 6.07) is 11.0. The van der Waals surface area contributed by atoms with Crippen molar-refractivity contribution >= 4 is 33.2 Å². The molecular formula is C22H18ClN3O4S. The highest BCUT2D eigenvalue weighted by atomic mass is 35.5. The summed E-state index contributed by atoms with van der Waals surface area (Å²) in [6.07, 6.45) is 2.20. The van der Waals surface area contributed by atoms with E-state index in [-0.39, 0.29) is 10.8 Å². The van der Waals surface area contributed by atoms with Crippen molar-refractivity contribution in [3.05, 3.63) is 76.1 Å². The fourth-order valence-electron chi connectivity index (χ4n) is 3.34. The number of nitrogens with one attached hydrogen (secondary N) is 1. The molecule has 0 unspecified atom stereocenters. The molecule has 1 amide bonds. The predicted molar refractivity (Wildman–Crippen MR) is 116 cm³/mol. The van der Waals surface area contributed by atoms with Crippen LogP contribution in [0.1, 0.15) is 40.5 Å². The minimum Gasteiger partial charge on any atom is -0.363 e. The minimum absolute atomic E-state index is 0.0536. The van der Waals surface area contributed by atoms with E-state index >= 15 is 0 Å². The van der Waals surface area contributed by atoms with Gasteiger partial charge in [-0.2, -0.15) is 0 Å². The quantitative estimate of drug-likeness (QED) is 0.589. The molecule has 0 saturated carbocycles. The van der Waals surface area contributed by atoms with Crippen LogP contribution in [0.25, 0.3) is 0 Å². The Balaban J connectivity index is 1.64. The van der Waals surface area contributed by atoms with Gasteiger partial charge in [0, 0.05) is 30.3 Å². The van der Waals surface area contributed by atoms with Crippen molar-refractivity contribution < 1.29 is 17.7 Å². The molecular weight excluding hydrogens is 438 g/mol. The highest BCUT2D eigenvalue weighted by molar-refractivity contribution is 7.92. The molecule has 1 aromatic heterocycles. The van der Waals surface area contributed by atoms with Gasteiger partial charge in [0.25, 0.3) is 15.9 Å². The molecule has 1 N–H and O–H groups in total. The number of sulfonamides is 1. The first-order valence-electron chi connectivity index (χ1n) is 9.55. The molecule has 7 nitrogen and oxygen atoms in total. The summed E-state index contributed by atoms with van der Waals surface area (Å²) in [4.78, 5) is 14.4. The van der Waals surface area contributed by atoms with Gasteiger partial charge in [0.1, 0.15) is 6.26 Å². The molecule has 2 heterocycles. The lowest BCUT2D eigenvalue weighted by molar-refractivity contribution is 0.0779. The molecule has 0 spiro atoms. The van der Waals surface area contributed by atoms with Gasteiger partial charge in [-0.25, -0.2) is 8.42 Å². The van der Waals surface area contributed by atoms with E-state index < -0.39 is 10.0 Å². The maximum atomic E-state index is 13.0. The predicted octanol–water partition coefficient (Wildman–Crippen LogP) is 3.89. The Hall–Kier alpha value is -3.28. The van der Waals surface area contributed by atoms with Crippen LogP contribution in [0.15, 0.2) is 58.1 Å². The van der Waals surface area contributed by atoms with Crippen molar-refractivity contribution in [3.8, 4) is 11.8 Å². The van der Waals surface area contributed by atoms with Gasteiger partial charge in [0.15, 0.2) is 5.69 Å². The normalized spacial score (nSPS) is 13.0. The molecule has 0 bridgehead atoms. The van der Waals surface area contributed by atoms with Gasteiger partial charge in [-0.3, -0.25) is 9.52 Å². The van der Waals surface area contributed by atoms with Crippen LogP contribution in [0.3, 0.4) is 0 Å². The van der Waals surface area contributed by atoms with Crippen molar-refractivity contribution in [1.29, 1.82) is 0 Å². The SMILES string of the molecule is CCCN1Cc2c(NS(=O)(=O)c3cccc(C#Cc4ccon4)c3)ccc(Cl)c2C1=O. The molecule has 0 aliphatic carbocycles. The van der Waals surface area contributed by atoms with Crippen LogP contribution in [0.4, 0.5) is 5.69 Å². The zero-order valence-electron chi connectivity index (χ0n) is 16.6. The molecule has 2 aromatic carbocycles. The number of aromatic nitrogens is 1. The topological polar surface area (TPSA) is 92.5 Å². The Morgan fingerprint density at radius 1 is 1.23 bits per heavy atom. The van der Waals surface area contributed by atoms with E-state index in [1.807, 2.05) is 6.92 Å². The number of fused-ring (bicyclic) bond motifs is 1. The van der Waals surface area contributed by atoms with Gasteiger partial charge in [-0.05, 0) is 42.7 Å².